The average Bonchev–Trinajstić information content (AvgIpc) is 2.53. The maximum atomic E-state index is 10.4. The third-order valence-corrected chi connectivity index (χ3v) is 7.38. The predicted octanol–water partition coefficient (Wildman–Crippen LogP) is 5.27. The lowest BCUT2D eigenvalue weighted by Crippen LogP contribution is -2.42. The summed E-state index contributed by atoms with van der Waals surface area (Å²) in [6, 6.07) is 0. The molecule has 2 aliphatic carbocycles. The molecule has 2 nitrogen and oxygen atoms in total. The lowest BCUT2D eigenvalue weighted by molar-refractivity contribution is -0.0404. The molecule has 0 aromatic heterocycles. The number of aliphatic hydroxyl groups excluding tert-OH is 2. The van der Waals surface area contributed by atoms with Gasteiger partial charge in [0.25, 0.3) is 0 Å². The first-order valence-corrected chi connectivity index (χ1v) is 10.7. The van der Waals surface area contributed by atoms with Crippen molar-refractivity contribution in [2.24, 2.45) is 41.4 Å². The fourth-order valence-corrected chi connectivity index (χ4v) is 5.97. The van der Waals surface area contributed by atoms with Gasteiger partial charge >= 0.3 is 0 Å². The molecule has 0 heterocycles. The molecule has 0 radical (unpaired) electrons. The Bertz CT molecular complexity index is 315. The van der Waals surface area contributed by atoms with Crippen LogP contribution in [0.1, 0.15) is 86.0 Å². The first-order chi connectivity index (χ1) is 11.3. The topological polar surface area (TPSA) is 40.5 Å². The molecule has 0 bridgehead atoms. The van der Waals surface area contributed by atoms with Gasteiger partial charge in [0.15, 0.2) is 0 Å². The maximum Gasteiger partial charge on any atom is 0.0591 e. The molecule has 0 saturated heterocycles. The van der Waals surface area contributed by atoms with Gasteiger partial charge < -0.3 is 10.2 Å². The van der Waals surface area contributed by atoms with Crippen molar-refractivity contribution in [3.05, 3.63) is 0 Å². The van der Waals surface area contributed by atoms with Crippen LogP contribution in [0.5, 0.6) is 0 Å². The van der Waals surface area contributed by atoms with Crippen molar-refractivity contribution in [1.82, 2.24) is 0 Å². The van der Waals surface area contributed by atoms with Crippen LogP contribution in [0.25, 0.3) is 0 Å². The zero-order valence-corrected chi connectivity index (χ0v) is 16.7. The second-order valence-corrected chi connectivity index (χ2v) is 9.51. The maximum absolute atomic E-state index is 10.4. The summed E-state index contributed by atoms with van der Waals surface area (Å²) < 4.78 is 0. The number of aliphatic hydroxyl groups is 2. The van der Waals surface area contributed by atoms with Crippen LogP contribution >= 0.6 is 0 Å². The molecule has 2 N–H and O–H groups in total. The largest absolute Gasteiger partial charge is 0.393 e. The molecule has 2 fully saturated rings. The molecule has 0 aromatic carbocycles. The summed E-state index contributed by atoms with van der Waals surface area (Å²) in [4.78, 5) is 0. The Balaban J connectivity index is 2.09. The Morgan fingerprint density at radius 2 is 1.08 bits per heavy atom. The van der Waals surface area contributed by atoms with Gasteiger partial charge in [-0.25, -0.2) is 0 Å². The lowest BCUT2D eigenvalue weighted by Gasteiger charge is -2.46. The molecule has 0 spiro atoms. The highest BCUT2D eigenvalue weighted by atomic mass is 16.3. The monoisotopic (exact) mass is 338 g/mol. The van der Waals surface area contributed by atoms with Crippen molar-refractivity contribution in [3.8, 4) is 0 Å². The van der Waals surface area contributed by atoms with Crippen molar-refractivity contribution in [3.63, 3.8) is 0 Å². The van der Waals surface area contributed by atoms with E-state index in [-0.39, 0.29) is 12.2 Å². The minimum Gasteiger partial charge on any atom is -0.393 e. The Morgan fingerprint density at radius 1 is 0.708 bits per heavy atom. The highest BCUT2D eigenvalue weighted by Crippen LogP contribution is 2.47. The van der Waals surface area contributed by atoms with Gasteiger partial charge in [-0.15, -0.1) is 0 Å². The first kappa shape index (κ1) is 20.2. The molecular formula is C22H42O2. The molecule has 2 heteroatoms. The van der Waals surface area contributed by atoms with Gasteiger partial charge in [-0.05, 0) is 73.5 Å². The third kappa shape index (κ3) is 4.75. The van der Waals surface area contributed by atoms with E-state index in [2.05, 4.69) is 34.6 Å². The summed E-state index contributed by atoms with van der Waals surface area (Å²) in [5.41, 5.74) is 0. The molecule has 2 rings (SSSR count). The zero-order chi connectivity index (χ0) is 17.9. The van der Waals surface area contributed by atoms with Crippen molar-refractivity contribution >= 4 is 0 Å². The molecule has 2 aliphatic rings. The van der Waals surface area contributed by atoms with Crippen LogP contribution in [0, 0.1) is 41.4 Å². The van der Waals surface area contributed by atoms with Crippen LogP contribution in [0.15, 0.2) is 0 Å². The summed E-state index contributed by atoms with van der Waals surface area (Å²) in [7, 11) is 0. The second kappa shape index (κ2) is 9.03. The van der Waals surface area contributed by atoms with Crippen molar-refractivity contribution < 1.29 is 10.2 Å². The van der Waals surface area contributed by atoms with E-state index in [1.807, 2.05) is 0 Å². The van der Waals surface area contributed by atoms with Gasteiger partial charge in [0.1, 0.15) is 0 Å². The minimum absolute atomic E-state index is 0.108. The van der Waals surface area contributed by atoms with Crippen molar-refractivity contribution in [1.29, 1.82) is 0 Å². The quantitative estimate of drug-likeness (QED) is 0.648. The third-order valence-electron chi connectivity index (χ3n) is 7.38. The van der Waals surface area contributed by atoms with Gasteiger partial charge in [0.05, 0.1) is 12.2 Å². The van der Waals surface area contributed by atoms with Crippen LogP contribution in [0.4, 0.5) is 0 Å². The number of unbranched alkanes of at least 4 members (excludes halogenated alkanes) is 2. The van der Waals surface area contributed by atoms with Gasteiger partial charge in [-0.2, -0.15) is 0 Å². The zero-order valence-electron chi connectivity index (χ0n) is 16.7. The van der Waals surface area contributed by atoms with Crippen LogP contribution in [-0.2, 0) is 0 Å². The summed E-state index contributed by atoms with van der Waals surface area (Å²) in [6.07, 6.45) is 9.92. The standard InChI is InChI=1S/C22H42O2/c1-6-7-8-9-20(18-10-14(2)21(23)15(3)11-18)19-12-16(4)22(24)17(5)13-19/h14-24H,6-13H2,1-5H3. The fourth-order valence-electron chi connectivity index (χ4n) is 5.97. The van der Waals surface area contributed by atoms with E-state index in [1.54, 1.807) is 0 Å². The summed E-state index contributed by atoms with van der Waals surface area (Å²) in [6.45, 7) is 11.3. The van der Waals surface area contributed by atoms with E-state index in [4.69, 9.17) is 0 Å². The molecule has 24 heavy (non-hydrogen) atoms. The Labute approximate surface area is 150 Å². The van der Waals surface area contributed by atoms with Crippen LogP contribution in [0.2, 0.25) is 0 Å². The molecule has 2 saturated carbocycles. The minimum atomic E-state index is -0.108. The van der Waals surface area contributed by atoms with E-state index in [0.717, 1.165) is 17.8 Å². The van der Waals surface area contributed by atoms with E-state index in [0.29, 0.717) is 23.7 Å². The first-order valence-electron chi connectivity index (χ1n) is 10.7. The summed E-state index contributed by atoms with van der Waals surface area (Å²) in [5.74, 6) is 4.11. The SMILES string of the molecule is CCCCCC(C1CC(C)C(O)C(C)C1)C1CC(C)C(O)C(C)C1. The van der Waals surface area contributed by atoms with E-state index in [9.17, 15) is 10.2 Å². The van der Waals surface area contributed by atoms with E-state index in [1.165, 1.54) is 51.4 Å². The van der Waals surface area contributed by atoms with Gasteiger partial charge in [0.2, 0.25) is 0 Å². The molecule has 0 amide bonds. The molecule has 142 valence electrons. The second-order valence-electron chi connectivity index (χ2n) is 9.51. The summed E-state index contributed by atoms with van der Waals surface area (Å²) >= 11 is 0. The van der Waals surface area contributed by atoms with E-state index >= 15 is 0 Å². The Morgan fingerprint density at radius 3 is 1.42 bits per heavy atom. The lowest BCUT2D eigenvalue weighted by atomic mass is 9.61. The number of rotatable bonds is 6. The van der Waals surface area contributed by atoms with Gasteiger partial charge in [-0.1, -0.05) is 53.9 Å². The highest BCUT2D eigenvalue weighted by Gasteiger charge is 2.41. The Hall–Kier alpha value is -0.0800. The Kier molecular flexibility index (Phi) is 7.61. The smallest absolute Gasteiger partial charge is 0.0591 e. The normalized spacial score (nSPS) is 45.1. The average molecular weight is 339 g/mol. The fraction of sp³-hybridized carbons (Fsp3) is 1.00. The van der Waals surface area contributed by atoms with Crippen LogP contribution in [0.3, 0.4) is 0 Å². The number of hydrogen-bond acceptors (Lipinski definition) is 2. The van der Waals surface area contributed by atoms with Gasteiger partial charge in [-0.3, -0.25) is 0 Å². The molecule has 0 aliphatic heterocycles. The molecule has 0 aromatic rings. The van der Waals surface area contributed by atoms with Crippen molar-refractivity contribution in [2.45, 2.75) is 98.2 Å². The van der Waals surface area contributed by atoms with E-state index < -0.39 is 0 Å². The van der Waals surface area contributed by atoms with Crippen LogP contribution < -0.4 is 0 Å². The summed E-state index contributed by atoms with van der Waals surface area (Å²) in [5, 5.41) is 20.7. The molecular weight excluding hydrogens is 296 g/mol. The predicted molar refractivity (Wildman–Crippen MR) is 102 cm³/mol. The number of hydrogen-bond donors (Lipinski definition) is 2. The molecule has 4 unspecified atom stereocenters. The molecule has 4 atom stereocenters. The highest BCUT2D eigenvalue weighted by molar-refractivity contribution is 4.91. The van der Waals surface area contributed by atoms with Gasteiger partial charge in [0, 0.05) is 0 Å². The van der Waals surface area contributed by atoms with Crippen molar-refractivity contribution in [2.75, 3.05) is 0 Å². The van der Waals surface area contributed by atoms with Crippen LogP contribution in [-0.4, -0.2) is 22.4 Å².